The SMILES string of the molecule is COc1ccc(CN2C(=O)c3cccnc3C2=O)cc1S(=O)(=O)NC1CCCCCC1. The summed E-state index contributed by atoms with van der Waals surface area (Å²) in [4.78, 5) is 30.3. The molecule has 0 radical (unpaired) electrons. The third kappa shape index (κ3) is 4.33. The number of aromatic nitrogens is 1. The molecule has 2 heterocycles. The van der Waals surface area contributed by atoms with E-state index in [1.54, 1.807) is 24.3 Å². The Morgan fingerprint density at radius 1 is 1.10 bits per heavy atom. The number of imide groups is 1. The maximum Gasteiger partial charge on any atom is 0.280 e. The average molecular weight is 444 g/mol. The van der Waals surface area contributed by atoms with E-state index in [0.717, 1.165) is 43.4 Å². The Morgan fingerprint density at radius 3 is 2.52 bits per heavy atom. The zero-order valence-electron chi connectivity index (χ0n) is 17.3. The molecule has 2 aromatic rings. The molecule has 1 aliphatic carbocycles. The van der Waals surface area contributed by atoms with Crippen molar-refractivity contribution in [2.24, 2.45) is 0 Å². The molecule has 1 saturated carbocycles. The van der Waals surface area contributed by atoms with Gasteiger partial charge in [0.2, 0.25) is 10.0 Å². The monoisotopic (exact) mass is 443 g/mol. The second-order valence-electron chi connectivity index (χ2n) is 7.89. The number of carbonyl (C=O) groups is 2. The fraction of sp³-hybridized carbons (Fsp3) is 0.409. The van der Waals surface area contributed by atoms with Crippen LogP contribution in [0.1, 0.15) is 64.9 Å². The lowest BCUT2D eigenvalue weighted by atomic mass is 10.1. The smallest absolute Gasteiger partial charge is 0.280 e. The number of fused-ring (bicyclic) bond motifs is 1. The van der Waals surface area contributed by atoms with Crippen molar-refractivity contribution >= 4 is 21.8 Å². The molecular formula is C22H25N3O5S. The molecule has 0 atom stereocenters. The van der Waals surface area contributed by atoms with Crippen LogP contribution >= 0.6 is 0 Å². The highest BCUT2D eigenvalue weighted by atomic mass is 32.2. The first-order valence-electron chi connectivity index (χ1n) is 10.4. The normalized spacial score (nSPS) is 17.5. The van der Waals surface area contributed by atoms with Crippen LogP contribution in [0.25, 0.3) is 0 Å². The predicted molar refractivity (Wildman–Crippen MR) is 113 cm³/mol. The van der Waals surface area contributed by atoms with E-state index in [4.69, 9.17) is 4.74 Å². The van der Waals surface area contributed by atoms with Crippen molar-refractivity contribution < 1.29 is 22.7 Å². The van der Waals surface area contributed by atoms with Crippen molar-refractivity contribution in [3.8, 4) is 5.75 Å². The molecule has 31 heavy (non-hydrogen) atoms. The van der Waals surface area contributed by atoms with Gasteiger partial charge in [0.25, 0.3) is 11.8 Å². The van der Waals surface area contributed by atoms with Gasteiger partial charge >= 0.3 is 0 Å². The lowest BCUT2D eigenvalue weighted by molar-refractivity contribution is 0.0640. The van der Waals surface area contributed by atoms with Gasteiger partial charge in [-0.1, -0.05) is 31.7 Å². The first-order chi connectivity index (χ1) is 14.9. The molecular weight excluding hydrogens is 418 g/mol. The van der Waals surface area contributed by atoms with E-state index in [1.807, 2.05) is 0 Å². The molecule has 0 bridgehead atoms. The summed E-state index contributed by atoms with van der Waals surface area (Å²) in [6, 6.07) is 7.72. The van der Waals surface area contributed by atoms with Gasteiger partial charge in [-0.2, -0.15) is 0 Å². The van der Waals surface area contributed by atoms with Crippen molar-refractivity contribution in [1.82, 2.24) is 14.6 Å². The third-order valence-corrected chi connectivity index (χ3v) is 7.31. The molecule has 1 fully saturated rings. The zero-order valence-corrected chi connectivity index (χ0v) is 18.2. The summed E-state index contributed by atoms with van der Waals surface area (Å²) in [7, 11) is -2.42. The summed E-state index contributed by atoms with van der Waals surface area (Å²) in [5.74, 6) is -0.712. The van der Waals surface area contributed by atoms with Crippen LogP contribution in [0.2, 0.25) is 0 Å². The van der Waals surface area contributed by atoms with Crippen LogP contribution in [0.15, 0.2) is 41.4 Å². The lowest BCUT2D eigenvalue weighted by Crippen LogP contribution is -2.34. The number of sulfonamides is 1. The van der Waals surface area contributed by atoms with Gasteiger partial charge in [0.15, 0.2) is 0 Å². The van der Waals surface area contributed by atoms with Crippen molar-refractivity contribution in [2.75, 3.05) is 7.11 Å². The fourth-order valence-corrected chi connectivity index (χ4v) is 5.67. The van der Waals surface area contributed by atoms with Gasteiger partial charge in [-0.15, -0.1) is 0 Å². The molecule has 8 nitrogen and oxygen atoms in total. The number of amides is 2. The number of hydrogen-bond donors (Lipinski definition) is 1. The quantitative estimate of drug-likeness (QED) is 0.544. The van der Waals surface area contributed by atoms with Gasteiger partial charge < -0.3 is 4.74 Å². The Hall–Kier alpha value is -2.78. The number of nitrogens with zero attached hydrogens (tertiary/aromatic N) is 2. The minimum atomic E-state index is -3.83. The van der Waals surface area contributed by atoms with Crippen molar-refractivity contribution in [2.45, 2.75) is 56.0 Å². The largest absolute Gasteiger partial charge is 0.495 e. The van der Waals surface area contributed by atoms with Gasteiger partial charge in [0, 0.05) is 12.2 Å². The fourth-order valence-electron chi connectivity index (χ4n) is 4.15. The molecule has 1 aromatic carbocycles. The second kappa shape index (κ2) is 8.76. The molecule has 2 amide bonds. The summed E-state index contributed by atoms with van der Waals surface area (Å²) < 4.78 is 34.4. The molecule has 0 spiro atoms. The molecule has 0 unspecified atom stereocenters. The topological polar surface area (TPSA) is 106 Å². The third-order valence-electron chi connectivity index (χ3n) is 5.77. The highest BCUT2D eigenvalue weighted by Gasteiger charge is 2.36. The summed E-state index contributed by atoms with van der Waals surface area (Å²) in [5, 5.41) is 0. The minimum absolute atomic E-state index is 0.00600. The molecule has 9 heteroatoms. The highest BCUT2D eigenvalue weighted by molar-refractivity contribution is 7.89. The molecule has 0 saturated heterocycles. The maximum atomic E-state index is 13.1. The number of rotatable bonds is 6. The van der Waals surface area contributed by atoms with E-state index >= 15 is 0 Å². The summed E-state index contributed by atoms with van der Waals surface area (Å²) >= 11 is 0. The van der Waals surface area contributed by atoms with Crippen LogP contribution in [-0.2, 0) is 16.6 Å². The molecule has 2 aliphatic rings. The standard InChI is InChI=1S/C22H25N3O5S/c1-30-18-11-10-15(14-25-21(26)17-9-6-12-23-20(17)22(25)27)13-19(18)31(28,29)24-16-7-4-2-3-5-8-16/h6,9-13,16,24H,2-5,7-8,14H2,1H3. The van der Waals surface area contributed by atoms with Gasteiger partial charge in [-0.3, -0.25) is 19.5 Å². The van der Waals surface area contributed by atoms with E-state index in [2.05, 4.69) is 9.71 Å². The van der Waals surface area contributed by atoms with Gasteiger partial charge in [-0.05, 0) is 42.7 Å². The number of hydrogen-bond acceptors (Lipinski definition) is 6. The number of nitrogens with one attached hydrogen (secondary N) is 1. The van der Waals surface area contributed by atoms with Crippen molar-refractivity contribution in [1.29, 1.82) is 0 Å². The molecule has 1 N–H and O–H groups in total. The van der Waals surface area contributed by atoms with Crippen molar-refractivity contribution in [3.63, 3.8) is 0 Å². The van der Waals surface area contributed by atoms with E-state index in [9.17, 15) is 18.0 Å². The maximum absolute atomic E-state index is 13.1. The molecule has 4 rings (SSSR count). The summed E-state index contributed by atoms with van der Waals surface area (Å²) in [6.07, 6.45) is 7.31. The van der Waals surface area contributed by atoms with Gasteiger partial charge in [-0.25, -0.2) is 13.1 Å². The Balaban J connectivity index is 1.59. The number of carbonyl (C=O) groups excluding carboxylic acids is 2. The van der Waals surface area contributed by atoms with Crippen molar-refractivity contribution in [3.05, 3.63) is 53.3 Å². The predicted octanol–water partition coefficient (Wildman–Crippen LogP) is 2.89. The number of pyridine rings is 1. The van der Waals surface area contributed by atoms with Crippen LogP contribution in [0, 0.1) is 0 Å². The minimum Gasteiger partial charge on any atom is -0.495 e. The van der Waals surface area contributed by atoms with Crippen LogP contribution in [-0.4, -0.2) is 43.3 Å². The van der Waals surface area contributed by atoms with E-state index in [0.29, 0.717) is 5.56 Å². The first-order valence-corrected chi connectivity index (χ1v) is 11.9. The van der Waals surface area contributed by atoms with Gasteiger partial charge in [0.05, 0.1) is 19.2 Å². The second-order valence-corrected chi connectivity index (χ2v) is 9.57. The Kier molecular flexibility index (Phi) is 6.06. The van der Waals surface area contributed by atoms with Crippen LogP contribution in [0.3, 0.4) is 0 Å². The number of methoxy groups -OCH3 is 1. The number of benzene rings is 1. The highest BCUT2D eigenvalue weighted by Crippen LogP contribution is 2.29. The molecule has 1 aromatic heterocycles. The first kappa shape index (κ1) is 21.5. The van der Waals surface area contributed by atoms with Crippen LogP contribution < -0.4 is 9.46 Å². The molecule has 1 aliphatic heterocycles. The lowest BCUT2D eigenvalue weighted by Gasteiger charge is -2.19. The summed E-state index contributed by atoms with van der Waals surface area (Å²) in [6.45, 7) is -0.0516. The van der Waals surface area contributed by atoms with Gasteiger partial charge in [0.1, 0.15) is 16.3 Å². The zero-order chi connectivity index (χ0) is 22.0. The van der Waals surface area contributed by atoms with Crippen LogP contribution in [0.4, 0.5) is 0 Å². The Morgan fingerprint density at radius 2 is 1.84 bits per heavy atom. The molecule has 164 valence electrons. The van der Waals surface area contributed by atoms with Crippen LogP contribution in [0.5, 0.6) is 5.75 Å². The average Bonchev–Trinajstić information content (AvgIpc) is 2.94. The number of ether oxygens (including phenoxy) is 1. The Labute approximate surface area is 181 Å². The van der Waals surface area contributed by atoms with E-state index in [1.165, 1.54) is 19.4 Å². The summed E-state index contributed by atoms with van der Waals surface area (Å²) in [5.41, 5.74) is 0.879. The van der Waals surface area contributed by atoms with E-state index in [-0.39, 0.29) is 34.5 Å². The van der Waals surface area contributed by atoms with E-state index < -0.39 is 21.8 Å². The Bertz CT molecular complexity index is 1070.